The summed E-state index contributed by atoms with van der Waals surface area (Å²) < 4.78 is 0.909. The Morgan fingerprint density at radius 2 is 2.12 bits per heavy atom. The molecule has 86 valence electrons. The first-order valence-electron chi connectivity index (χ1n) is 4.88. The molecule has 0 bridgehead atoms. The van der Waals surface area contributed by atoms with Crippen molar-refractivity contribution >= 4 is 33.4 Å². The normalized spacial score (nSPS) is 9.62. The van der Waals surface area contributed by atoms with Crippen LogP contribution < -0.4 is 10.6 Å². The molecule has 5 heteroatoms. The van der Waals surface area contributed by atoms with E-state index in [0.717, 1.165) is 10.2 Å². The predicted molar refractivity (Wildman–Crippen MR) is 66.1 cm³/mol. The molecular weight excluding hydrogens is 272 g/mol. The fourth-order valence-corrected chi connectivity index (χ4v) is 1.54. The molecule has 0 spiro atoms. The third kappa shape index (κ3) is 4.93. The van der Waals surface area contributed by atoms with Gasteiger partial charge in [-0.05, 0) is 18.2 Å². The summed E-state index contributed by atoms with van der Waals surface area (Å²) in [6.07, 6.45) is 0.270. The highest BCUT2D eigenvalue weighted by Gasteiger charge is 2.02. The summed E-state index contributed by atoms with van der Waals surface area (Å²) in [4.78, 5) is 22.0. The number of hydrogen-bond acceptors (Lipinski definition) is 2. The summed E-state index contributed by atoms with van der Waals surface area (Å²) >= 11 is 3.32. The second-order valence-electron chi connectivity index (χ2n) is 3.29. The van der Waals surface area contributed by atoms with Crippen molar-refractivity contribution < 1.29 is 9.59 Å². The lowest BCUT2D eigenvalue weighted by Gasteiger charge is -2.05. The van der Waals surface area contributed by atoms with Gasteiger partial charge < -0.3 is 10.6 Å². The van der Waals surface area contributed by atoms with Gasteiger partial charge in [0.2, 0.25) is 11.8 Å². The van der Waals surface area contributed by atoms with E-state index in [1.807, 2.05) is 18.2 Å². The summed E-state index contributed by atoms with van der Waals surface area (Å²) in [6, 6.07) is 7.35. The molecule has 0 atom stereocenters. The van der Waals surface area contributed by atoms with Crippen molar-refractivity contribution in [2.75, 3.05) is 11.9 Å². The van der Waals surface area contributed by atoms with Crippen LogP contribution in [-0.2, 0) is 9.59 Å². The summed E-state index contributed by atoms with van der Waals surface area (Å²) in [7, 11) is 0. The zero-order valence-electron chi connectivity index (χ0n) is 8.92. The first kappa shape index (κ1) is 12.7. The first-order chi connectivity index (χ1) is 7.58. The van der Waals surface area contributed by atoms with Crippen LogP contribution in [0.5, 0.6) is 0 Å². The van der Waals surface area contributed by atoms with Gasteiger partial charge in [0.25, 0.3) is 0 Å². The lowest BCUT2D eigenvalue weighted by Crippen LogP contribution is -2.25. The average Bonchev–Trinajstić information content (AvgIpc) is 2.16. The summed E-state index contributed by atoms with van der Waals surface area (Å²) in [6.45, 7) is 1.78. The fourth-order valence-electron chi connectivity index (χ4n) is 1.14. The van der Waals surface area contributed by atoms with Crippen molar-refractivity contribution in [3.05, 3.63) is 28.7 Å². The molecule has 0 aliphatic carbocycles. The minimum Gasteiger partial charge on any atom is -0.356 e. The highest BCUT2D eigenvalue weighted by Crippen LogP contribution is 2.15. The third-order valence-electron chi connectivity index (χ3n) is 1.83. The number of carbonyl (C=O) groups excluding carboxylic acids is 2. The average molecular weight is 285 g/mol. The molecule has 0 saturated heterocycles. The highest BCUT2D eigenvalue weighted by atomic mass is 79.9. The summed E-state index contributed by atoms with van der Waals surface area (Å²) in [5.74, 6) is -0.248. The molecule has 2 N–H and O–H groups in total. The van der Waals surface area contributed by atoms with Crippen LogP contribution in [0.4, 0.5) is 5.69 Å². The molecule has 2 amide bonds. The van der Waals surface area contributed by atoms with Crippen molar-refractivity contribution in [2.45, 2.75) is 13.3 Å². The fraction of sp³-hybridized carbons (Fsp3) is 0.273. The Labute approximate surface area is 103 Å². The van der Waals surface area contributed by atoms with Gasteiger partial charge in [-0.1, -0.05) is 22.0 Å². The molecule has 0 unspecified atom stereocenters. The van der Waals surface area contributed by atoms with Crippen molar-refractivity contribution in [3.8, 4) is 0 Å². The van der Waals surface area contributed by atoms with Crippen LogP contribution >= 0.6 is 15.9 Å². The van der Waals surface area contributed by atoms with E-state index < -0.39 is 0 Å². The molecular formula is C11H13BrN2O2. The number of rotatable bonds is 4. The predicted octanol–water partition coefficient (Wildman–Crippen LogP) is 1.91. The van der Waals surface area contributed by atoms with E-state index in [9.17, 15) is 9.59 Å². The topological polar surface area (TPSA) is 58.2 Å². The van der Waals surface area contributed by atoms with E-state index in [0.29, 0.717) is 6.54 Å². The van der Waals surface area contributed by atoms with Crippen LogP contribution in [0.1, 0.15) is 13.3 Å². The molecule has 0 aliphatic heterocycles. The van der Waals surface area contributed by atoms with Crippen molar-refractivity contribution in [3.63, 3.8) is 0 Å². The molecule has 4 nitrogen and oxygen atoms in total. The van der Waals surface area contributed by atoms with Crippen molar-refractivity contribution in [1.29, 1.82) is 0 Å². The van der Waals surface area contributed by atoms with Gasteiger partial charge in [0.05, 0.1) is 0 Å². The van der Waals surface area contributed by atoms with Gasteiger partial charge in [-0.25, -0.2) is 0 Å². The number of halogens is 1. The number of carbonyl (C=O) groups is 2. The van der Waals surface area contributed by atoms with Crippen LogP contribution in [0.2, 0.25) is 0 Å². The van der Waals surface area contributed by atoms with E-state index in [-0.39, 0.29) is 18.2 Å². The Kier molecular flexibility index (Phi) is 4.98. The zero-order chi connectivity index (χ0) is 12.0. The van der Waals surface area contributed by atoms with Crippen molar-refractivity contribution in [2.24, 2.45) is 0 Å². The maximum absolute atomic E-state index is 11.4. The number of benzene rings is 1. The lowest BCUT2D eigenvalue weighted by atomic mass is 10.3. The monoisotopic (exact) mass is 284 g/mol. The van der Waals surface area contributed by atoms with Crippen molar-refractivity contribution in [1.82, 2.24) is 5.32 Å². The second kappa shape index (κ2) is 6.27. The van der Waals surface area contributed by atoms with Gasteiger partial charge in [-0.15, -0.1) is 0 Å². The van der Waals surface area contributed by atoms with Gasteiger partial charge in [0.1, 0.15) is 0 Å². The maximum Gasteiger partial charge on any atom is 0.226 e. The van der Waals surface area contributed by atoms with Gasteiger partial charge in [0, 0.05) is 30.0 Å². The van der Waals surface area contributed by atoms with Gasteiger partial charge in [0.15, 0.2) is 0 Å². The Hall–Kier alpha value is -1.36. The summed E-state index contributed by atoms with van der Waals surface area (Å²) in [5.41, 5.74) is 0.738. The molecule has 1 rings (SSSR count). The third-order valence-corrected chi connectivity index (χ3v) is 2.33. The Morgan fingerprint density at radius 1 is 1.38 bits per heavy atom. The van der Waals surface area contributed by atoms with Crippen LogP contribution in [0.25, 0.3) is 0 Å². The van der Waals surface area contributed by atoms with Gasteiger partial charge in [-0.2, -0.15) is 0 Å². The number of hydrogen-bond donors (Lipinski definition) is 2. The number of nitrogens with one attached hydrogen (secondary N) is 2. The Bertz CT molecular complexity index is 393. The SMILES string of the molecule is CC(=O)NCCC(=O)Nc1cccc(Br)c1. The first-order valence-corrected chi connectivity index (χ1v) is 5.67. The largest absolute Gasteiger partial charge is 0.356 e. The van der Waals surface area contributed by atoms with E-state index in [1.165, 1.54) is 6.92 Å². The number of anilines is 1. The zero-order valence-corrected chi connectivity index (χ0v) is 10.5. The van der Waals surface area contributed by atoms with Crippen LogP contribution in [-0.4, -0.2) is 18.4 Å². The highest BCUT2D eigenvalue weighted by molar-refractivity contribution is 9.10. The molecule has 0 aromatic heterocycles. The number of amides is 2. The Morgan fingerprint density at radius 3 is 2.75 bits per heavy atom. The van der Waals surface area contributed by atoms with Crippen LogP contribution in [0.15, 0.2) is 28.7 Å². The minimum atomic E-state index is -0.129. The smallest absolute Gasteiger partial charge is 0.226 e. The maximum atomic E-state index is 11.4. The molecule has 0 aliphatic rings. The standard InChI is InChI=1S/C11H13BrN2O2/c1-8(15)13-6-5-11(16)14-10-4-2-3-9(12)7-10/h2-4,7H,5-6H2,1H3,(H,13,15)(H,14,16). The summed E-state index contributed by atoms with van der Waals surface area (Å²) in [5, 5.41) is 5.30. The second-order valence-corrected chi connectivity index (χ2v) is 4.21. The molecule has 0 saturated carbocycles. The molecule has 16 heavy (non-hydrogen) atoms. The van der Waals surface area contributed by atoms with Crippen LogP contribution in [0, 0.1) is 0 Å². The Balaban J connectivity index is 2.37. The van der Waals surface area contributed by atoms with E-state index in [1.54, 1.807) is 6.07 Å². The molecule has 1 aromatic carbocycles. The molecule has 1 aromatic rings. The van der Waals surface area contributed by atoms with Crippen LogP contribution in [0.3, 0.4) is 0 Å². The van der Waals surface area contributed by atoms with E-state index >= 15 is 0 Å². The molecule has 0 fully saturated rings. The van der Waals surface area contributed by atoms with E-state index in [4.69, 9.17) is 0 Å². The van der Waals surface area contributed by atoms with Gasteiger partial charge in [-0.3, -0.25) is 9.59 Å². The molecule has 0 heterocycles. The quantitative estimate of drug-likeness (QED) is 0.888. The minimum absolute atomic E-state index is 0.119. The van der Waals surface area contributed by atoms with E-state index in [2.05, 4.69) is 26.6 Å². The van der Waals surface area contributed by atoms with Gasteiger partial charge >= 0.3 is 0 Å². The lowest BCUT2D eigenvalue weighted by molar-refractivity contribution is -0.119. The molecule has 0 radical (unpaired) electrons.